The van der Waals surface area contributed by atoms with E-state index in [1.165, 1.54) is 12.1 Å². The number of aliphatic hydroxyl groups is 1. The summed E-state index contributed by atoms with van der Waals surface area (Å²) in [6, 6.07) is 4.19. The molecule has 5 nitrogen and oxygen atoms in total. The molecular formula is C13H22N2O3S. The lowest BCUT2D eigenvalue weighted by atomic mass is 9.87. The van der Waals surface area contributed by atoms with Crippen LogP contribution in [-0.4, -0.2) is 28.8 Å². The van der Waals surface area contributed by atoms with Crippen molar-refractivity contribution in [2.45, 2.75) is 26.8 Å². The van der Waals surface area contributed by atoms with Gasteiger partial charge in [-0.25, -0.2) is 0 Å². The van der Waals surface area contributed by atoms with E-state index in [1.54, 1.807) is 6.07 Å². The predicted molar refractivity (Wildman–Crippen MR) is 80.7 cm³/mol. The molecular weight excluding hydrogens is 264 g/mol. The Hall–Kier alpha value is -1.40. The summed E-state index contributed by atoms with van der Waals surface area (Å²) in [6.45, 7) is 5.56. The molecule has 1 atom stereocenters. The van der Waals surface area contributed by atoms with Gasteiger partial charge >= 0.3 is 0 Å². The molecule has 0 fully saturated rings. The summed E-state index contributed by atoms with van der Waals surface area (Å²) in [5.41, 5.74) is 5.51. The minimum Gasteiger partial charge on any atom is -0.505 e. The highest BCUT2D eigenvalue weighted by atomic mass is 32.1. The van der Waals surface area contributed by atoms with E-state index in [9.17, 15) is 15.0 Å². The first kappa shape index (κ1) is 17.6. The molecule has 0 radical (unpaired) electrons. The number of hydrogen-bond donors (Lipinski definition) is 4. The van der Waals surface area contributed by atoms with Gasteiger partial charge in [-0.2, -0.15) is 13.5 Å². The number of carbonyl (C=O) groups excluding carboxylic acids is 1. The van der Waals surface area contributed by atoms with E-state index >= 15 is 0 Å². The molecule has 0 bridgehead atoms. The van der Waals surface area contributed by atoms with Crippen molar-refractivity contribution in [2.75, 3.05) is 12.3 Å². The average molecular weight is 286 g/mol. The van der Waals surface area contributed by atoms with Crippen LogP contribution in [0.1, 0.15) is 31.1 Å². The SMILES string of the molecule is CC(C)(C)[C@@H](CO)NC(=O)c1cccc(N)c1O.S. The molecule has 0 aliphatic rings. The van der Waals surface area contributed by atoms with E-state index < -0.39 is 11.9 Å². The Bertz CT molecular complexity index is 444. The number of nitrogens with one attached hydrogen (secondary N) is 1. The number of phenols is 1. The Morgan fingerprint density at radius 1 is 1.42 bits per heavy atom. The number of nitrogen functional groups attached to an aromatic ring is 1. The molecule has 19 heavy (non-hydrogen) atoms. The van der Waals surface area contributed by atoms with Crippen molar-refractivity contribution in [3.05, 3.63) is 23.8 Å². The number of aliphatic hydroxyl groups excluding tert-OH is 1. The van der Waals surface area contributed by atoms with Crippen LogP contribution in [-0.2, 0) is 0 Å². The maximum absolute atomic E-state index is 12.0. The van der Waals surface area contributed by atoms with Crippen molar-refractivity contribution in [3.8, 4) is 5.75 Å². The second kappa shape index (κ2) is 6.68. The minimum absolute atomic E-state index is 0. The topological polar surface area (TPSA) is 95.6 Å². The Labute approximate surface area is 120 Å². The number of hydrogen-bond acceptors (Lipinski definition) is 4. The molecule has 1 aromatic carbocycles. The number of nitrogens with two attached hydrogens (primary N) is 1. The highest BCUT2D eigenvalue weighted by molar-refractivity contribution is 7.59. The molecule has 0 unspecified atom stereocenters. The molecule has 1 aromatic rings. The Morgan fingerprint density at radius 3 is 2.47 bits per heavy atom. The first-order valence-electron chi connectivity index (χ1n) is 5.76. The molecule has 0 heterocycles. The van der Waals surface area contributed by atoms with Gasteiger partial charge in [0.2, 0.25) is 0 Å². The second-order valence-electron chi connectivity index (χ2n) is 5.32. The summed E-state index contributed by atoms with van der Waals surface area (Å²) >= 11 is 0. The van der Waals surface area contributed by atoms with Gasteiger partial charge in [0.25, 0.3) is 5.91 Å². The standard InChI is InChI=1S/C13H20N2O3.H2S/c1-13(2,3)10(7-16)15-12(18)8-5-4-6-9(14)11(8)17;/h4-6,10,16-17H,7,14H2,1-3H3,(H,15,18);1H2/t10-;/m1./s1. The molecule has 0 spiro atoms. The average Bonchev–Trinajstić information content (AvgIpc) is 2.27. The third kappa shape index (κ3) is 4.33. The van der Waals surface area contributed by atoms with E-state index in [1.807, 2.05) is 20.8 Å². The van der Waals surface area contributed by atoms with Crippen molar-refractivity contribution in [2.24, 2.45) is 5.41 Å². The van der Waals surface area contributed by atoms with Gasteiger partial charge in [-0.05, 0) is 17.5 Å². The van der Waals surface area contributed by atoms with Crippen molar-refractivity contribution in [1.82, 2.24) is 5.32 Å². The number of aromatic hydroxyl groups is 1. The zero-order valence-electron chi connectivity index (χ0n) is 11.4. The molecule has 0 aliphatic heterocycles. The number of rotatable bonds is 3. The van der Waals surface area contributed by atoms with Crippen LogP contribution in [0, 0.1) is 5.41 Å². The third-order valence-electron chi connectivity index (χ3n) is 2.85. The normalized spacial score (nSPS) is 12.4. The number of benzene rings is 1. The van der Waals surface area contributed by atoms with E-state index in [4.69, 9.17) is 5.73 Å². The van der Waals surface area contributed by atoms with Gasteiger partial charge in [0.05, 0.1) is 23.9 Å². The number of anilines is 1. The van der Waals surface area contributed by atoms with Gasteiger partial charge in [-0.15, -0.1) is 0 Å². The van der Waals surface area contributed by atoms with E-state index in [0.717, 1.165) is 0 Å². The fourth-order valence-corrected chi connectivity index (χ4v) is 1.52. The summed E-state index contributed by atoms with van der Waals surface area (Å²) in [5.74, 6) is -0.686. The molecule has 6 heteroatoms. The highest BCUT2D eigenvalue weighted by Gasteiger charge is 2.26. The van der Waals surface area contributed by atoms with Crippen LogP contribution in [0.3, 0.4) is 0 Å². The lowest BCUT2D eigenvalue weighted by molar-refractivity contribution is 0.0845. The molecule has 1 amide bonds. The first-order valence-corrected chi connectivity index (χ1v) is 5.76. The Balaban J connectivity index is 0.00000324. The maximum Gasteiger partial charge on any atom is 0.255 e. The van der Waals surface area contributed by atoms with Crippen LogP contribution in [0.5, 0.6) is 5.75 Å². The van der Waals surface area contributed by atoms with E-state index in [-0.39, 0.29) is 42.5 Å². The van der Waals surface area contributed by atoms with Gasteiger partial charge in [0.15, 0.2) is 5.75 Å². The van der Waals surface area contributed by atoms with Gasteiger partial charge < -0.3 is 21.3 Å². The van der Waals surface area contributed by atoms with Gasteiger partial charge in [-0.3, -0.25) is 4.79 Å². The van der Waals surface area contributed by atoms with Crippen molar-refractivity contribution in [3.63, 3.8) is 0 Å². The largest absolute Gasteiger partial charge is 0.505 e. The van der Waals surface area contributed by atoms with Crippen LogP contribution in [0.15, 0.2) is 18.2 Å². The summed E-state index contributed by atoms with van der Waals surface area (Å²) in [7, 11) is 0. The van der Waals surface area contributed by atoms with Gasteiger partial charge in [0, 0.05) is 0 Å². The number of amides is 1. The van der Waals surface area contributed by atoms with Crippen molar-refractivity contribution >= 4 is 25.1 Å². The van der Waals surface area contributed by atoms with Crippen LogP contribution in [0.25, 0.3) is 0 Å². The predicted octanol–water partition coefficient (Wildman–Crippen LogP) is 1.22. The van der Waals surface area contributed by atoms with Crippen LogP contribution < -0.4 is 11.1 Å². The molecule has 0 aliphatic carbocycles. The monoisotopic (exact) mass is 286 g/mol. The number of para-hydroxylation sites is 1. The van der Waals surface area contributed by atoms with Crippen molar-refractivity contribution in [1.29, 1.82) is 0 Å². The Kier molecular flexibility index (Phi) is 6.18. The summed E-state index contributed by atoms with van der Waals surface area (Å²) < 4.78 is 0. The van der Waals surface area contributed by atoms with Gasteiger partial charge in [-0.1, -0.05) is 26.8 Å². The second-order valence-corrected chi connectivity index (χ2v) is 5.32. The fourth-order valence-electron chi connectivity index (χ4n) is 1.52. The molecule has 0 saturated heterocycles. The minimum atomic E-state index is -0.450. The lowest BCUT2D eigenvalue weighted by Crippen LogP contribution is -2.46. The van der Waals surface area contributed by atoms with Crippen LogP contribution >= 0.6 is 13.5 Å². The summed E-state index contributed by atoms with van der Waals surface area (Å²) in [5, 5.41) is 21.7. The van der Waals surface area contributed by atoms with Crippen LogP contribution in [0.2, 0.25) is 0 Å². The summed E-state index contributed by atoms with van der Waals surface area (Å²) in [4.78, 5) is 12.0. The maximum atomic E-state index is 12.0. The van der Waals surface area contributed by atoms with E-state index in [2.05, 4.69) is 5.32 Å². The number of phenolic OH excluding ortho intramolecular Hbond substituents is 1. The molecule has 5 N–H and O–H groups in total. The Morgan fingerprint density at radius 2 is 2.00 bits per heavy atom. The quantitative estimate of drug-likeness (QED) is 0.496. The molecule has 0 saturated carbocycles. The van der Waals surface area contributed by atoms with E-state index in [0.29, 0.717) is 0 Å². The highest BCUT2D eigenvalue weighted by Crippen LogP contribution is 2.25. The first-order chi connectivity index (χ1) is 8.27. The fraction of sp³-hybridized carbons (Fsp3) is 0.462. The molecule has 1 rings (SSSR count). The lowest BCUT2D eigenvalue weighted by Gasteiger charge is -2.29. The number of carbonyl (C=O) groups is 1. The third-order valence-corrected chi connectivity index (χ3v) is 2.85. The zero-order valence-corrected chi connectivity index (χ0v) is 12.4. The zero-order chi connectivity index (χ0) is 13.9. The van der Waals surface area contributed by atoms with Crippen molar-refractivity contribution < 1.29 is 15.0 Å². The summed E-state index contributed by atoms with van der Waals surface area (Å²) in [6.07, 6.45) is 0. The molecule has 0 aromatic heterocycles. The molecule has 108 valence electrons. The smallest absolute Gasteiger partial charge is 0.255 e. The van der Waals surface area contributed by atoms with Gasteiger partial charge in [0.1, 0.15) is 0 Å². The van der Waals surface area contributed by atoms with Crippen LogP contribution in [0.4, 0.5) is 5.69 Å².